The van der Waals surface area contributed by atoms with E-state index < -0.39 is 0 Å². The largest absolute Gasteiger partial charge is 0.493 e. The van der Waals surface area contributed by atoms with Gasteiger partial charge in [0.2, 0.25) is 0 Å². The summed E-state index contributed by atoms with van der Waals surface area (Å²) in [6, 6.07) is 16.7. The van der Waals surface area contributed by atoms with Crippen molar-refractivity contribution in [3.8, 4) is 43.9 Å². The lowest BCUT2D eigenvalue weighted by molar-refractivity contribution is 0.241. The highest BCUT2D eigenvalue weighted by molar-refractivity contribution is 7.40. The Balaban J connectivity index is 1.64. The van der Waals surface area contributed by atoms with Crippen molar-refractivity contribution in [3.63, 3.8) is 0 Å². The number of thiophene rings is 3. The molecule has 0 aliphatic carbocycles. The molecule has 0 bridgehead atoms. The summed E-state index contributed by atoms with van der Waals surface area (Å²) in [4.78, 5) is 2.33. The van der Waals surface area contributed by atoms with Gasteiger partial charge in [-0.05, 0) is 77.9 Å². The molecule has 4 nitrogen and oxygen atoms in total. The Kier molecular flexibility index (Phi) is 7.65. The highest BCUT2D eigenvalue weighted by Gasteiger charge is 2.22. The van der Waals surface area contributed by atoms with Crippen molar-refractivity contribution in [1.82, 2.24) is 0 Å². The van der Waals surface area contributed by atoms with Crippen molar-refractivity contribution in [2.75, 3.05) is 13.2 Å². The van der Waals surface area contributed by atoms with Gasteiger partial charge in [0.05, 0.1) is 45.9 Å². The van der Waals surface area contributed by atoms with Crippen LogP contribution in [-0.2, 0) is 0 Å². The summed E-state index contributed by atoms with van der Waals surface area (Å²) in [7, 11) is 0. The Morgan fingerprint density at radius 2 is 1.00 bits per heavy atom. The van der Waals surface area contributed by atoms with Crippen molar-refractivity contribution in [3.05, 3.63) is 48.5 Å². The second-order valence-electron chi connectivity index (χ2n) is 9.17. The summed E-state index contributed by atoms with van der Waals surface area (Å²) in [6.07, 6.45) is 0.159. The maximum Gasteiger partial charge on any atom is 0.132 e. The molecule has 0 saturated heterocycles. The van der Waals surface area contributed by atoms with Crippen LogP contribution in [0.3, 0.4) is 0 Å². The number of hydrogen-bond donors (Lipinski definition) is 0. The quantitative estimate of drug-likeness (QED) is 0.173. The number of benzene rings is 2. The zero-order valence-corrected chi connectivity index (χ0v) is 24.5. The monoisotopic (exact) mass is 552 g/mol. The third-order valence-electron chi connectivity index (χ3n) is 5.62. The van der Waals surface area contributed by atoms with E-state index in [1.807, 2.05) is 61.6 Å². The molecule has 194 valence electrons. The molecule has 0 unspecified atom stereocenters. The van der Waals surface area contributed by atoms with E-state index in [0.717, 1.165) is 43.9 Å². The van der Waals surface area contributed by atoms with Crippen LogP contribution in [0.1, 0.15) is 41.5 Å². The molecule has 37 heavy (non-hydrogen) atoms. The Bertz CT molecular complexity index is 1410. The first-order valence-electron chi connectivity index (χ1n) is 12.7. The molecular formula is C30H32O4S3. The van der Waals surface area contributed by atoms with E-state index in [1.165, 1.54) is 18.8 Å². The topological polar surface area (TPSA) is 36.9 Å². The van der Waals surface area contributed by atoms with Gasteiger partial charge < -0.3 is 18.9 Å². The summed E-state index contributed by atoms with van der Waals surface area (Å²) >= 11 is 5.44. The molecule has 0 atom stereocenters. The maximum absolute atomic E-state index is 6.19. The highest BCUT2D eigenvalue weighted by Crippen LogP contribution is 2.52. The lowest BCUT2D eigenvalue weighted by atomic mass is 10.1. The van der Waals surface area contributed by atoms with Gasteiger partial charge >= 0.3 is 0 Å². The zero-order valence-electron chi connectivity index (χ0n) is 22.0. The van der Waals surface area contributed by atoms with E-state index in [1.54, 1.807) is 22.7 Å². The van der Waals surface area contributed by atoms with Gasteiger partial charge in [0.1, 0.15) is 23.0 Å². The molecule has 0 N–H and O–H groups in total. The van der Waals surface area contributed by atoms with E-state index in [9.17, 15) is 0 Å². The van der Waals surface area contributed by atoms with Crippen molar-refractivity contribution >= 4 is 52.8 Å². The van der Waals surface area contributed by atoms with Crippen LogP contribution in [0.2, 0.25) is 0 Å². The molecule has 5 rings (SSSR count). The fraction of sp³-hybridized carbons (Fsp3) is 0.333. The van der Waals surface area contributed by atoms with Gasteiger partial charge in [-0.1, -0.05) is 12.1 Å². The van der Waals surface area contributed by atoms with Gasteiger partial charge in [-0.2, -0.15) is 0 Å². The third kappa shape index (κ3) is 5.17. The van der Waals surface area contributed by atoms with Crippen LogP contribution in [0.25, 0.3) is 39.7 Å². The molecule has 0 amide bonds. The SMILES string of the molecule is CCOc1cccc(OC(C)C)c1-c1cc2sc3cc(-c4c(OCC)cccc4OC(C)C)sc3c2s1. The number of hydrogen-bond acceptors (Lipinski definition) is 7. The Morgan fingerprint density at radius 3 is 1.38 bits per heavy atom. The fourth-order valence-corrected chi connectivity index (χ4v) is 8.48. The Labute approximate surface area is 230 Å². The molecule has 0 spiro atoms. The van der Waals surface area contributed by atoms with E-state index in [0.29, 0.717) is 13.2 Å². The third-order valence-corrected chi connectivity index (χ3v) is 9.43. The predicted octanol–water partition coefficient (Wildman–Crippen LogP) is 9.88. The first kappa shape index (κ1) is 25.9. The van der Waals surface area contributed by atoms with Gasteiger partial charge in [0, 0.05) is 19.2 Å². The predicted molar refractivity (Wildman–Crippen MR) is 160 cm³/mol. The van der Waals surface area contributed by atoms with Crippen LogP contribution in [0.5, 0.6) is 23.0 Å². The lowest BCUT2D eigenvalue weighted by Gasteiger charge is -2.16. The average molecular weight is 553 g/mol. The summed E-state index contributed by atoms with van der Waals surface area (Å²) in [5.41, 5.74) is 2.07. The van der Waals surface area contributed by atoms with Gasteiger partial charge in [-0.15, -0.1) is 34.0 Å². The standard InChI is InChI=1S/C30H32O4S3/c1-7-31-19-11-9-13-21(33-17(3)4)27(19)23-15-25-29(36-23)30-26(35-25)16-24(37-30)28-20(32-8-2)12-10-14-22(28)34-18(5)6/h9-18H,7-8H2,1-6H3. The van der Waals surface area contributed by atoms with Crippen LogP contribution < -0.4 is 18.9 Å². The van der Waals surface area contributed by atoms with Gasteiger partial charge in [0.15, 0.2) is 0 Å². The summed E-state index contributed by atoms with van der Waals surface area (Å²) in [5, 5.41) is 0. The minimum Gasteiger partial charge on any atom is -0.493 e. The average Bonchev–Trinajstić information content (AvgIpc) is 3.50. The van der Waals surface area contributed by atoms with Crippen LogP contribution in [0, 0.1) is 0 Å². The molecule has 0 saturated carbocycles. The van der Waals surface area contributed by atoms with Crippen LogP contribution >= 0.6 is 34.0 Å². The molecule has 2 aromatic carbocycles. The molecule has 0 fully saturated rings. The first-order chi connectivity index (χ1) is 17.9. The van der Waals surface area contributed by atoms with E-state index >= 15 is 0 Å². The molecule has 3 aromatic heterocycles. The van der Waals surface area contributed by atoms with Crippen molar-refractivity contribution in [1.29, 1.82) is 0 Å². The lowest BCUT2D eigenvalue weighted by Crippen LogP contribution is -2.07. The summed E-state index contributed by atoms with van der Waals surface area (Å²) in [6.45, 7) is 13.5. The van der Waals surface area contributed by atoms with Crippen molar-refractivity contribution in [2.45, 2.75) is 53.8 Å². The molecule has 0 aliphatic heterocycles. The summed E-state index contributed by atoms with van der Waals surface area (Å²) in [5.74, 6) is 3.44. The smallest absolute Gasteiger partial charge is 0.132 e. The van der Waals surface area contributed by atoms with Gasteiger partial charge in [-0.3, -0.25) is 0 Å². The van der Waals surface area contributed by atoms with Crippen molar-refractivity contribution < 1.29 is 18.9 Å². The molecule has 7 heteroatoms. The van der Waals surface area contributed by atoms with Crippen LogP contribution in [-0.4, -0.2) is 25.4 Å². The molecule has 5 aromatic rings. The van der Waals surface area contributed by atoms with E-state index in [4.69, 9.17) is 18.9 Å². The Hall–Kier alpha value is -2.74. The van der Waals surface area contributed by atoms with Crippen LogP contribution in [0.4, 0.5) is 0 Å². The second-order valence-corrected chi connectivity index (χ2v) is 12.4. The van der Waals surface area contributed by atoms with Crippen molar-refractivity contribution in [2.24, 2.45) is 0 Å². The highest BCUT2D eigenvalue weighted by atomic mass is 32.1. The Morgan fingerprint density at radius 1 is 0.595 bits per heavy atom. The van der Waals surface area contributed by atoms with Gasteiger partial charge in [-0.25, -0.2) is 0 Å². The molecule has 3 heterocycles. The van der Waals surface area contributed by atoms with E-state index in [2.05, 4.69) is 39.8 Å². The number of fused-ring (bicyclic) bond motifs is 3. The fourth-order valence-electron chi connectivity index (χ4n) is 4.35. The molecular weight excluding hydrogens is 521 g/mol. The molecule has 0 radical (unpaired) electrons. The zero-order chi connectivity index (χ0) is 26.1. The second kappa shape index (κ2) is 10.9. The maximum atomic E-state index is 6.19. The minimum atomic E-state index is 0.0796. The van der Waals surface area contributed by atoms with Crippen LogP contribution in [0.15, 0.2) is 48.5 Å². The van der Waals surface area contributed by atoms with E-state index in [-0.39, 0.29) is 12.2 Å². The number of rotatable bonds is 10. The first-order valence-corrected chi connectivity index (χ1v) is 15.2. The number of ether oxygens (including phenoxy) is 4. The molecule has 0 aliphatic rings. The minimum absolute atomic E-state index is 0.0796. The summed E-state index contributed by atoms with van der Waals surface area (Å²) < 4.78 is 29.6. The van der Waals surface area contributed by atoms with Gasteiger partial charge in [0.25, 0.3) is 0 Å². The normalized spacial score (nSPS) is 11.7.